The molecule has 1 N–H and O–H groups in total. The molecule has 0 spiro atoms. The Morgan fingerprint density at radius 3 is 2.25 bits per heavy atom. The third kappa shape index (κ3) is 6.14. The van der Waals surface area contributed by atoms with Gasteiger partial charge in [0.2, 0.25) is 0 Å². The number of aliphatic hydroxyl groups is 1. The quantitative estimate of drug-likeness (QED) is 0.252. The van der Waals surface area contributed by atoms with Crippen molar-refractivity contribution in [3.63, 3.8) is 0 Å². The lowest BCUT2D eigenvalue weighted by Crippen LogP contribution is -2.10. The third-order valence-corrected chi connectivity index (χ3v) is 7.65. The largest absolute Gasteiger partial charge is 0.458 e. The van der Waals surface area contributed by atoms with Gasteiger partial charge < -0.3 is 9.84 Å². The average molecular weight is 483 g/mol. The highest BCUT2D eigenvalue weighted by Crippen LogP contribution is 2.37. The minimum atomic E-state index is -0.446. The Morgan fingerprint density at radius 2 is 1.58 bits per heavy atom. The molecule has 3 aromatic carbocycles. The highest BCUT2D eigenvalue weighted by molar-refractivity contribution is 5.81. The number of carbonyl (C=O) groups is 1. The molecule has 0 aliphatic heterocycles. The summed E-state index contributed by atoms with van der Waals surface area (Å²) < 4.78 is 5.31. The molecule has 0 heterocycles. The summed E-state index contributed by atoms with van der Waals surface area (Å²) in [6, 6.07) is 22.1. The Kier molecular flexibility index (Phi) is 8.77. The van der Waals surface area contributed by atoms with Crippen LogP contribution < -0.4 is 0 Å². The molecule has 3 aromatic rings. The van der Waals surface area contributed by atoms with Crippen molar-refractivity contribution in [1.29, 1.82) is 0 Å². The van der Waals surface area contributed by atoms with E-state index in [1.165, 1.54) is 59.6 Å². The lowest BCUT2D eigenvalue weighted by atomic mass is 9.79. The maximum atomic E-state index is 11.6. The van der Waals surface area contributed by atoms with Gasteiger partial charge in [0.25, 0.3) is 0 Å². The fourth-order valence-electron chi connectivity index (χ4n) is 5.39. The summed E-state index contributed by atoms with van der Waals surface area (Å²) in [7, 11) is 0. The van der Waals surface area contributed by atoms with Gasteiger partial charge in [0.1, 0.15) is 6.61 Å². The lowest BCUT2D eigenvalue weighted by molar-refractivity contribution is -0.138. The Hall–Kier alpha value is -3.17. The molecule has 36 heavy (non-hydrogen) atoms. The smallest absolute Gasteiger partial charge is 0.330 e. The van der Waals surface area contributed by atoms with E-state index in [2.05, 4.69) is 75.0 Å². The van der Waals surface area contributed by atoms with Crippen LogP contribution in [0.3, 0.4) is 0 Å². The number of ether oxygens (including phenoxy) is 1. The summed E-state index contributed by atoms with van der Waals surface area (Å²) in [5, 5.41) is 9.45. The molecule has 0 atom stereocenters. The molecule has 0 bridgehead atoms. The summed E-state index contributed by atoms with van der Waals surface area (Å²) in [5.41, 5.74) is 9.41. The number of hydrogen-bond acceptors (Lipinski definition) is 3. The van der Waals surface area contributed by atoms with E-state index >= 15 is 0 Å². The number of carbonyl (C=O) groups excluding carboxylic acids is 1. The van der Waals surface area contributed by atoms with Gasteiger partial charge in [0.05, 0.1) is 0 Å². The number of aliphatic hydroxyl groups excluding tert-OH is 1. The summed E-state index contributed by atoms with van der Waals surface area (Å²) >= 11 is 0. The first-order chi connectivity index (χ1) is 17.5. The highest BCUT2D eigenvalue weighted by atomic mass is 16.5. The molecule has 3 heteroatoms. The molecule has 4 rings (SSSR count). The zero-order valence-corrected chi connectivity index (χ0v) is 21.6. The van der Waals surface area contributed by atoms with Crippen molar-refractivity contribution in [2.24, 2.45) is 5.92 Å². The van der Waals surface area contributed by atoms with Crippen LogP contribution in [-0.2, 0) is 29.0 Å². The van der Waals surface area contributed by atoms with E-state index in [1.807, 2.05) is 6.07 Å². The Bertz CT molecular complexity index is 1180. The number of aryl methyl sites for hydroxylation is 1. The van der Waals surface area contributed by atoms with Gasteiger partial charge in [0.15, 0.2) is 0 Å². The van der Waals surface area contributed by atoms with Crippen LogP contribution in [0, 0.1) is 5.92 Å². The van der Waals surface area contributed by atoms with E-state index in [9.17, 15) is 9.90 Å². The molecule has 0 unspecified atom stereocenters. The summed E-state index contributed by atoms with van der Waals surface area (Å²) in [6.07, 6.45) is 7.91. The normalized spacial score (nSPS) is 17.5. The van der Waals surface area contributed by atoms with Crippen molar-refractivity contribution in [1.82, 2.24) is 0 Å². The van der Waals surface area contributed by atoms with Crippen molar-refractivity contribution in [2.45, 2.75) is 64.9 Å². The van der Waals surface area contributed by atoms with Gasteiger partial charge in [-0.25, -0.2) is 4.79 Å². The third-order valence-electron chi connectivity index (χ3n) is 7.65. The summed E-state index contributed by atoms with van der Waals surface area (Å²) in [5.74, 6) is 1.13. The van der Waals surface area contributed by atoms with Gasteiger partial charge in [-0.05, 0) is 88.1 Å². The Balaban J connectivity index is 1.58. The molecule has 0 amide bonds. The molecule has 0 aromatic heterocycles. The second-order valence-corrected chi connectivity index (χ2v) is 10.1. The van der Waals surface area contributed by atoms with Gasteiger partial charge in [-0.1, -0.05) is 87.9 Å². The van der Waals surface area contributed by atoms with Crippen LogP contribution in [0.4, 0.5) is 0 Å². The zero-order valence-electron chi connectivity index (χ0n) is 21.6. The average Bonchev–Trinajstić information content (AvgIpc) is 2.92. The molecule has 1 saturated carbocycles. The predicted octanol–water partition coefficient (Wildman–Crippen LogP) is 7.64. The molecule has 1 aliphatic carbocycles. The highest BCUT2D eigenvalue weighted by Gasteiger charge is 2.19. The first kappa shape index (κ1) is 25.9. The van der Waals surface area contributed by atoms with E-state index in [1.54, 1.807) is 0 Å². The van der Waals surface area contributed by atoms with Crippen LogP contribution >= 0.6 is 0 Å². The molecule has 0 saturated heterocycles. The van der Waals surface area contributed by atoms with Crippen LogP contribution in [0.5, 0.6) is 0 Å². The molecule has 188 valence electrons. The van der Waals surface area contributed by atoms with Crippen LogP contribution in [0.1, 0.15) is 67.7 Å². The van der Waals surface area contributed by atoms with Gasteiger partial charge >= 0.3 is 5.97 Å². The lowest BCUT2D eigenvalue weighted by Gasteiger charge is -2.26. The second kappa shape index (κ2) is 12.2. The maximum Gasteiger partial charge on any atom is 0.330 e. The van der Waals surface area contributed by atoms with Crippen molar-refractivity contribution in [3.05, 3.63) is 95.6 Å². The standard InChI is InChI=1S/C33H38O3/c1-4-24-20-29(27-12-10-26(11-13-27)25-8-6-23(3)7-9-25)16-17-32(24)30-15-14-28(18-19-34)31(21-30)22-36-33(35)5-2/h5,10-17,20-21,23,25,34H,2,4,6-9,18-19,22H2,1,3H3. The van der Waals surface area contributed by atoms with Gasteiger partial charge in [0, 0.05) is 12.7 Å². The monoisotopic (exact) mass is 482 g/mol. The Labute approximate surface area is 215 Å². The maximum absolute atomic E-state index is 11.6. The molecule has 3 nitrogen and oxygen atoms in total. The predicted molar refractivity (Wildman–Crippen MR) is 148 cm³/mol. The van der Waals surface area contributed by atoms with Gasteiger partial charge in [-0.15, -0.1) is 0 Å². The first-order valence-corrected chi connectivity index (χ1v) is 13.3. The first-order valence-electron chi connectivity index (χ1n) is 13.3. The minimum absolute atomic E-state index is 0.0509. The molecule has 1 aliphatic rings. The van der Waals surface area contributed by atoms with E-state index in [0.717, 1.165) is 29.0 Å². The molecular formula is C33H38O3. The SMILES string of the molecule is C=CC(=O)OCc1cc(-c2ccc(-c3ccc(C4CCC(C)CC4)cc3)cc2CC)ccc1CCO. The van der Waals surface area contributed by atoms with Crippen molar-refractivity contribution in [3.8, 4) is 22.3 Å². The van der Waals surface area contributed by atoms with Crippen molar-refractivity contribution < 1.29 is 14.6 Å². The van der Waals surface area contributed by atoms with E-state index in [4.69, 9.17) is 4.74 Å². The summed E-state index contributed by atoms with van der Waals surface area (Å²) in [4.78, 5) is 11.6. The van der Waals surface area contributed by atoms with Crippen LogP contribution in [0.2, 0.25) is 0 Å². The van der Waals surface area contributed by atoms with Gasteiger partial charge in [-0.2, -0.15) is 0 Å². The van der Waals surface area contributed by atoms with Crippen LogP contribution in [0.15, 0.2) is 73.3 Å². The van der Waals surface area contributed by atoms with Crippen molar-refractivity contribution >= 4 is 5.97 Å². The number of rotatable bonds is 9. The molecule has 1 fully saturated rings. The van der Waals surface area contributed by atoms with E-state index in [-0.39, 0.29) is 13.2 Å². The topological polar surface area (TPSA) is 46.5 Å². The number of hydrogen-bond donors (Lipinski definition) is 1. The van der Waals surface area contributed by atoms with Gasteiger partial charge in [-0.3, -0.25) is 0 Å². The van der Waals surface area contributed by atoms with Crippen LogP contribution in [0.25, 0.3) is 22.3 Å². The fraction of sp³-hybridized carbons (Fsp3) is 0.364. The van der Waals surface area contributed by atoms with Crippen LogP contribution in [-0.4, -0.2) is 17.7 Å². The van der Waals surface area contributed by atoms with Crippen molar-refractivity contribution in [2.75, 3.05) is 6.61 Å². The number of benzene rings is 3. The summed E-state index contributed by atoms with van der Waals surface area (Å²) in [6.45, 7) is 8.24. The molecule has 0 radical (unpaired) electrons. The number of esters is 1. The Morgan fingerprint density at radius 1 is 0.917 bits per heavy atom. The van der Waals surface area contributed by atoms with E-state index in [0.29, 0.717) is 12.3 Å². The minimum Gasteiger partial charge on any atom is -0.458 e. The zero-order chi connectivity index (χ0) is 25.5. The molecular weight excluding hydrogens is 444 g/mol. The van der Waals surface area contributed by atoms with E-state index < -0.39 is 5.97 Å². The fourth-order valence-corrected chi connectivity index (χ4v) is 5.39. The second-order valence-electron chi connectivity index (χ2n) is 10.1.